The number of pyridine rings is 1. The lowest BCUT2D eigenvalue weighted by atomic mass is 9.77. The van der Waals surface area contributed by atoms with Gasteiger partial charge in [-0.05, 0) is 44.1 Å². The fourth-order valence-electron chi connectivity index (χ4n) is 6.33. The van der Waals surface area contributed by atoms with Gasteiger partial charge in [0.25, 0.3) is 0 Å². The van der Waals surface area contributed by atoms with Crippen LogP contribution in [0.4, 0.5) is 11.6 Å². The van der Waals surface area contributed by atoms with Gasteiger partial charge in [-0.15, -0.1) is 0 Å². The van der Waals surface area contributed by atoms with Crippen molar-refractivity contribution in [2.75, 3.05) is 56.4 Å². The van der Waals surface area contributed by atoms with E-state index in [9.17, 15) is 5.11 Å². The van der Waals surface area contributed by atoms with Crippen LogP contribution in [-0.4, -0.2) is 78.8 Å². The number of fused-ring (bicyclic) bond motifs is 3. The van der Waals surface area contributed by atoms with Crippen molar-refractivity contribution >= 4 is 23.4 Å². The molecular weight excluding hydrogens is 478 g/mol. The minimum Gasteiger partial charge on any atom is -0.486 e. The second-order valence-corrected chi connectivity index (χ2v) is 11.7. The van der Waals surface area contributed by atoms with E-state index in [1.165, 1.54) is 11.8 Å². The van der Waals surface area contributed by atoms with Gasteiger partial charge in [0.1, 0.15) is 17.3 Å². The van der Waals surface area contributed by atoms with E-state index < -0.39 is 0 Å². The van der Waals surface area contributed by atoms with Gasteiger partial charge in [0.15, 0.2) is 17.4 Å². The third-order valence-corrected chi connectivity index (χ3v) is 9.08. The van der Waals surface area contributed by atoms with Crippen molar-refractivity contribution in [1.29, 1.82) is 0 Å². The lowest BCUT2D eigenvalue weighted by molar-refractivity contribution is 0.0975. The first-order valence-corrected chi connectivity index (χ1v) is 13.8. The minimum absolute atomic E-state index is 0.139. The highest BCUT2D eigenvalue weighted by molar-refractivity contribution is 7.99. The van der Waals surface area contributed by atoms with Crippen LogP contribution in [-0.2, 0) is 16.1 Å². The fraction of sp³-hybridized carbons (Fsp3) is 0.654. The Bertz CT molecular complexity index is 1100. The standard InChI is InChI=1S/C26H35N5O4S/c1-17-10-26(16-35-17)4-7-30(8-5-26)24-20(13-32)29-22(11-28-24)36-21-3-6-27-25-23(21)34-15-19-9-18(14-33-2)12-31(19)25/h3,6,11,17-19,32H,4-5,7-10,12-16H2,1-2H3/t17-,18-,19-/m0/s1. The van der Waals surface area contributed by atoms with Crippen molar-refractivity contribution in [2.24, 2.45) is 11.3 Å². The first kappa shape index (κ1) is 24.2. The SMILES string of the molecule is COC[C@H]1C[C@H]2COc3c(Sc4cnc(N5CCC6(CC5)CO[C@@H](C)C6)c(CO)n4)ccnc3N2C1. The van der Waals surface area contributed by atoms with Gasteiger partial charge in [-0.25, -0.2) is 15.0 Å². The Hall–Kier alpha value is -2.14. The zero-order valence-corrected chi connectivity index (χ0v) is 21.9. The summed E-state index contributed by atoms with van der Waals surface area (Å²) in [7, 11) is 1.76. The summed E-state index contributed by atoms with van der Waals surface area (Å²) in [5, 5.41) is 10.9. The zero-order valence-electron chi connectivity index (χ0n) is 21.1. The van der Waals surface area contributed by atoms with E-state index in [1.54, 1.807) is 7.11 Å². The molecule has 0 amide bonds. The highest BCUT2D eigenvalue weighted by Crippen LogP contribution is 2.46. The highest BCUT2D eigenvalue weighted by atomic mass is 32.2. The molecule has 0 aromatic carbocycles. The number of aliphatic hydroxyl groups is 1. The quantitative estimate of drug-likeness (QED) is 0.621. The van der Waals surface area contributed by atoms with Crippen LogP contribution in [0.3, 0.4) is 0 Å². The number of piperidine rings is 1. The number of rotatable bonds is 6. The average molecular weight is 514 g/mol. The van der Waals surface area contributed by atoms with Crippen LogP contribution in [0.1, 0.15) is 38.3 Å². The zero-order chi connectivity index (χ0) is 24.7. The molecule has 2 aromatic heterocycles. The van der Waals surface area contributed by atoms with E-state index in [4.69, 9.17) is 24.2 Å². The molecular formula is C26H35N5O4S. The molecule has 4 aliphatic heterocycles. The maximum atomic E-state index is 10.1. The number of aromatic nitrogens is 3. The van der Waals surface area contributed by atoms with E-state index in [0.717, 1.165) is 85.8 Å². The van der Waals surface area contributed by atoms with Crippen molar-refractivity contribution < 1.29 is 19.3 Å². The van der Waals surface area contributed by atoms with Crippen LogP contribution in [0.5, 0.6) is 5.75 Å². The van der Waals surface area contributed by atoms with E-state index in [1.807, 2.05) is 18.5 Å². The molecule has 6 rings (SSSR count). The van der Waals surface area contributed by atoms with Crippen molar-refractivity contribution in [2.45, 2.75) is 61.3 Å². The van der Waals surface area contributed by atoms with Crippen molar-refractivity contribution in [3.63, 3.8) is 0 Å². The minimum atomic E-state index is -0.139. The maximum absolute atomic E-state index is 10.1. The molecule has 10 heteroatoms. The Balaban J connectivity index is 1.18. The Kier molecular flexibility index (Phi) is 6.70. The van der Waals surface area contributed by atoms with E-state index in [0.29, 0.717) is 35.8 Å². The summed E-state index contributed by atoms with van der Waals surface area (Å²) in [5.74, 6) is 2.99. The molecule has 1 spiro atoms. The summed E-state index contributed by atoms with van der Waals surface area (Å²) in [6.45, 7) is 7.06. The molecule has 1 N–H and O–H groups in total. The molecule has 2 aromatic rings. The molecule has 0 unspecified atom stereocenters. The summed E-state index contributed by atoms with van der Waals surface area (Å²) >= 11 is 1.51. The van der Waals surface area contributed by atoms with Crippen LogP contribution >= 0.6 is 11.8 Å². The number of anilines is 2. The largest absolute Gasteiger partial charge is 0.486 e. The van der Waals surface area contributed by atoms with Gasteiger partial charge in [0.2, 0.25) is 0 Å². The first-order chi connectivity index (χ1) is 17.6. The smallest absolute Gasteiger partial charge is 0.175 e. The summed E-state index contributed by atoms with van der Waals surface area (Å²) in [6, 6.07) is 2.31. The molecule has 3 saturated heterocycles. The summed E-state index contributed by atoms with van der Waals surface area (Å²) in [6.07, 6.45) is 8.37. The van der Waals surface area contributed by atoms with Crippen molar-refractivity contribution in [3.8, 4) is 5.75 Å². The second kappa shape index (κ2) is 9.96. The highest BCUT2D eigenvalue weighted by Gasteiger charge is 2.42. The lowest BCUT2D eigenvalue weighted by Crippen LogP contribution is -2.41. The molecule has 36 heavy (non-hydrogen) atoms. The number of nitrogens with zero attached hydrogens (tertiary/aromatic N) is 5. The third-order valence-electron chi connectivity index (χ3n) is 8.13. The molecule has 0 radical (unpaired) electrons. The van der Waals surface area contributed by atoms with Gasteiger partial charge in [-0.3, -0.25) is 0 Å². The number of aliphatic hydroxyl groups excluding tert-OH is 1. The second-order valence-electron chi connectivity index (χ2n) is 10.7. The Morgan fingerprint density at radius 2 is 2.11 bits per heavy atom. The molecule has 6 heterocycles. The first-order valence-electron chi connectivity index (χ1n) is 13.0. The normalized spacial score (nSPS) is 26.7. The molecule has 0 aliphatic carbocycles. The van der Waals surface area contributed by atoms with Crippen LogP contribution in [0.25, 0.3) is 0 Å². The third kappa shape index (κ3) is 4.53. The van der Waals surface area contributed by atoms with Crippen molar-refractivity contribution in [1.82, 2.24) is 15.0 Å². The van der Waals surface area contributed by atoms with E-state index >= 15 is 0 Å². The molecule has 9 nitrogen and oxygen atoms in total. The van der Waals surface area contributed by atoms with Crippen LogP contribution < -0.4 is 14.5 Å². The predicted octanol–water partition coefficient (Wildman–Crippen LogP) is 3.14. The predicted molar refractivity (Wildman–Crippen MR) is 137 cm³/mol. The van der Waals surface area contributed by atoms with E-state index in [-0.39, 0.29) is 6.61 Å². The van der Waals surface area contributed by atoms with Gasteiger partial charge in [-0.2, -0.15) is 0 Å². The van der Waals surface area contributed by atoms with Crippen LogP contribution in [0.15, 0.2) is 28.4 Å². The number of ether oxygens (including phenoxy) is 3. The Labute approximate surface area is 216 Å². The Morgan fingerprint density at radius 3 is 2.86 bits per heavy atom. The van der Waals surface area contributed by atoms with Crippen LogP contribution in [0.2, 0.25) is 0 Å². The summed E-state index contributed by atoms with van der Waals surface area (Å²) in [5.41, 5.74) is 0.925. The lowest BCUT2D eigenvalue weighted by Gasteiger charge is -2.39. The molecule has 194 valence electrons. The topological polar surface area (TPSA) is 93.1 Å². The number of methoxy groups -OCH3 is 1. The van der Waals surface area contributed by atoms with E-state index in [2.05, 4.69) is 21.7 Å². The number of hydrogen-bond donors (Lipinski definition) is 1. The maximum Gasteiger partial charge on any atom is 0.175 e. The summed E-state index contributed by atoms with van der Waals surface area (Å²) in [4.78, 5) is 19.8. The van der Waals surface area contributed by atoms with Gasteiger partial charge < -0.3 is 29.1 Å². The van der Waals surface area contributed by atoms with Gasteiger partial charge >= 0.3 is 0 Å². The fourth-order valence-corrected chi connectivity index (χ4v) is 7.19. The van der Waals surface area contributed by atoms with Gasteiger partial charge in [-0.1, -0.05) is 11.8 Å². The molecule has 3 fully saturated rings. The summed E-state index contributed by atoms with van der Waals surface area (Å²) < 4.78 is 17.5. The molecule has 3 atom stereocenters. The molecule has 4 aliphatic rings. The monoisotopic (exact) mass is 513 g/mol. The molecule has 0 saturated carbocycles. The Morgan fingerprint density at radius 1 is 1.25 bits per heavy atom. The number of hydrogen-bond acceptors (Lipinski definition) is 10. The van der Waals surface area contributed by atoms with Crippen LogP contribution in [0, 0.1) is 11.3 Å². The van der Waals surface area contributed by atoms with Gasteiger partial charge in [0.05, 0.1) is 43.1 Å². The van der Waals surface area contributed by atoms with Crippen molar-refractivity contribution in [3.05, 3.63) is 24.2 Å². The van der Waals surface area contributed by atoms with Gasteiger partial charge in [0, 0.05) is 38.9 Å². The molecule has 0 bridgehead atoms. The average Bonchev–Trinajstić information content (AvgIpc) is 3.48.